The predicted molar refractivity (Wildman–Crippen MR) is 141 cm³/mol. The van der Waals surface area contributed by atoms with E-state index in [1.54, 1.807) is 11.2 Å². The van der Waals surface area contributed by atoms with Gasteiger partial charge in [0.1, 0.15) is 0 Å². The molecule has 1 heterocycles. The molecule has 0 radical (unpaired) electrons. The summed E-state index contributed by atoms with van der Waals surface area (Å²) >= 11 is 0. The number of aliphatic hydroxyl groups is 2. The molecule has 35 heavy (non-hydrogen) atoms. The van der Waals surface area contributed by atoms with Crippen LogP contribution in [0.25, 0.3) is 0 Å². The number of hydrogen-bond acceptors (Lipinski definition) is 5. The van der Waals surface area contributed by atoms with E-state index in [1.165, 1.54) is 31.3 Å². The summed E-state index contributed by atoms with van der Waals surface area (Å²) in [7, 11) is -3.08. The third-order valence-corrected chi connectivity index (χ3v) is 11.5. The van der Waals surface area contributed by atoms with Crippen LogP contribution in [0.3, 0.4) is 0 Å². The number of allylic oxidation sites excluding steroid dienone is 3. The molecule has 0 aromatic heterocycles. The molecule has 0 aromatic carbocycles. The lowest BCUT2D eigenvalue weighted by molar-refractivity contribution is 0.0698. The van der Waals surface area contributed by atoms with Crippen molar-refractivity contribution in [2.24, 2.45) is 23.2 Å². The highest BCUT2D eigenvalue weighted by Crippen LogP contribution is 2.59. The van der Waals surface area contributed by atoms with Gasteiger partial charge in [-0.05, 0) is 79.8 Å². The zero-order valence-electron chi connectivity index (χ0n) is 22.0. The quantitative estimate of drug-likeness (QED) is 0.574. The van der Waals surface area contributed by atoms with E-state index in [-0.39, 0.29) is 5.75 Å². The van der Waals surface area contributed by atoms with E-state index < -0.39 is 22.2 Å². The summed E-state index contributed by atoms with van der Waals surface area (Å²) in [5, 5.41) is 20.3. The van der Waals surface area contributed by atoms with E-state index in [4.69, 9.17) is 0 Å². The summed E-state index contributed by atoms with van der Waals surface area (Å²) in [6.45, 7) is 14.6. The molecule has 7 heteroatoms. The lowest BCUT2D eigenvalue weighted by Gasteiger charge is -2.45. The summed E-state index contributed by atoms with van der Waals surface area (Å²) in [5.41, 5.74) is 3.58. The van der Waals surface area contributed by atoms with Gasteiger partial charge in [0.15, 0.2) is 0 Å². The Balaban J connectivity index is 1.40. The summed E-state index contributed by atoms with van der Waals surface area (Å²) in [5.74, 6) is 2.04. The van der Waals surface area contributed by atoms with Crippen molar-refractivity contribution in [2.45, 2.75) is 77.9 Å². The molecule has 4 fully saturated rings. The highest BCUT2D eigenvalue weighted by Gasteiger charge is 2.50. The molecule has 1 aliphatic heterocycles. The molecular formula is C28H46N2O4S. The fourth-order valence-corrected chi connectivity index (χ4v) is 8.67. The first-order valence-corrected chi connectivity index (χ1v) is 15.3. The Morgan fingerprint density at radius 1 is 1.17 bits per heavy atom. The normalized spacial score (nSPS) is 38.7. The maximum atomic E-state index is 12.2. The maximum Gasteiger partial charge on any atom is 0.213 e. The molecule has 2 N–H and O–H groups in total. The number of sulfonamides is 1. The van der Waals surface area contributed by atoms with Crippen LogP contribution < -0.4 is 0 Å². The minimum atomic E-state index is -3.08. The van der Waals surface area contributed by atoms with Gasteiger partial charge in [-0.3, -0.25) is 0 Å². The van der Waals surface area contributed by atoms with Crippen LogP contribution in [-0.4, -0.2) is 78.5 Å². The van der Waals surface area contributed by atoms with Gasteiger partial charge in [0, 0.05) is 39.1 Å². The number of nitrogens with zero attached hydrogens (tertiary/aromatic N) is 2. The van der Waals surface area contributed by atoms with Crippen LogP contribution in [-0.2, 0) is 10.0 Å². The average Bonchev–Trinajstić information content (AvgIpc) is 3.18. The first kappa shape index (κ1) is 27.1. The average molecular weight is 507 g/mol. The smallest absolute Gasteiger partial charge is 0.213 e. The zero-order chi connectivity index (χ0) is 25.4. The molecule has 0 aromatic rings. The highest BCUT2D eigenvalue weighted by molar-refractivity contribution is 7.89. The van der Waals surface area contributed by atoms with Crippen molar-refractivity contribution in [2.75, 3.05) is 38.5 Å². The minimum absolute atomic E-state index is 0.188. The van der Waals surface area contributed by atoms with Gasteiger partial charge in [-0.25, -0.2) is 8.42 Å². The summed E-state index contributed by atoms with van der Waals surface area (Å²) in [6.07, 6.45) is 10.3. The SMILES string of the molecule is C=C1/C(=C\C=C2/CCC[C@]3(C)[C@@H](C(C)CN4CCN(S(=O)(=O)CC)CC4)CC[C@@H]23)C[C@@H](O)C[C@@H]1O. The number of rotatable bonds is 6. The molecular weight excluding hydrogens is 460 g/mol. The zero-order valence-corrected chi connectivity index (χ0v) is 22.8. The topological polar surface area (TPSA) is 81.1 Å². The largest absolute Gasteiger partial charge is 0.393 e. The van der Waals surface area contributed by atoms with Crippen molar-refractivity contribution in [1.82, 2.24) is 9.21 Å². The van der Waals surface area contributed by atoms with E-state index in [1.807, 2.05) is 0 Å². The predicted octanol–water partition coefficient (Wildman–Crippen LogP) is 3.73. The summed E-state index contributed by atoms with van der Waals surface area (Å²) in [6, 6.07) is 0. The van der Waals surface area contributed by atoms with E-state index >= 15 is 0 Å². The highest BCUT2D eigenvalue weighted by atomic mass is 32.2. The van der Waals surface area contributed by atoms with Gasteiger partial charge >= 0.3 is 0 Å². The number of piperazine rings is 1. The van der Waals surface area contributed by atoms with Gasteiger partial charge in [-0.2, -0.15) is 4.31 Å². The molecule has 6 nitrogen and oxygen atoms in total. The van der Waals surface area contributed by atoms with Gasteiger partial charge in [0.05, 0.1) is 18.0 Å². The van der Waals surface area contributed by atoms with E-state index in [2.05, 4.69) is 37.5 Å². The first-order valence-electron chi connectivity index (χ1n) is 13.7. The molecule has 6 atom stereocenters. The van der Waals surface area contributed by atoms with Crippen molar-refractivity contribution in [3.05, 3.63) is 35.5 Å². The lowest BCUT2D eigenvalue weighted by Crippen LogP contribution is -2.50. The Bertz CT molecular complexity index is 950. The maximum absolute atomic E-state index is 12.2. The van der Waals surface area contributed by atoms with Crippen molar-refractivity contribution in [3.63, 3.8) is 0 Å². The Morgan fingerprint density at radius 3 is 2.57 bits per heavy atom. The summed E-state index contributed by atoms with van der Waals surface area (Å²) in [4.78, 5) is 2.47. The van der Waals surface area contributed by atoms with Crippen molar-refractivity contribution < 1.29 is 18.6 Å². The Morgan fingerprint density at radius 2 is 1.89 bits per heavy atom. The summed E-state index contributed by atoms with van der Waals surface area (Å²) < 4.78 is 26.1. The molecule has 4 aliphatic rings. The fraction of sp³-hybridized carbons (Fsp3) is 0.786. The standard InChI is InChI=1S/C28H46N2O4S/c1-5-35(33,34)30-15-13-29(14-16-30)19-20(2)25-10-11-26-22(7-6-12-28(25,26)4)8-9-23-17-24(31)18-27(32)21(23)3/h8-9,20,24-27,31-32H,3,5-7,10-19H2,1-2,4H3/b22-8+,23-9-/t20?,24-,25-,26+,27+,28-/m1/s1. The van der Waals surface area contributed by atoms with E-state index in [0.717, 1.165) is 37.2 Å². The van der Waals surface area contributed by atoms with Gasteiger partial charge in [-0.1, -0.05) is 38.2 Å². The number of hydrogen-bond donors (Lipinski definition) is 2. The Hall–Kier alpha value is -0.990. The molecule has 0 bridgehead atoms. The molecule has 1 unspecified atom stereocenters. The Kier molecular flexibility index (Phi) is 8.33. The Labute approximate surface area is 212 Å². The van der Waals surface area contributed by atoms with Crippen LogP contribution in [0.1, 0.15) is 65.7 Å². The van der Waals surface area contributed by atoms with Crippen LogP contribution in [0.2, 0.25) is 0 Å². The first-order chi connectivity index (χ1) is 16.5. The van der Waals surface area contributed by atoms with Crippen LogP contribution in [0.4, 0.5) is 0 Å². The van der Waals surface area contributed by atoms with Gasteiger partial charge in [-0.15, -0.1) is 0 Å². The van der Waals surface area contributed by atoms with Crippen LogP contribution >= 0.6 is 0 Å². The fourth-order valence-electron chi connectivity index (χ4n) is 7.59. The minimum Gasteiger partial charge on any atom is -0.393 e. The molecule has 0 amide bonds. The van der Waals surface area contributed by atoms with Crippen molar-refractivity contribution >= 4 is 10.0 Å². The lowest BCUT2D eigenvalue weighted by atomic mass is 9.61. The third-order valence-electron chi connectivity index (χ3n) is 9.62. The van der Waals surface area contributed by atoms with Gasteiger partial charge in [0.2, 0.25) is 10.0 Å². The van der Waals surface area contributed by atoms with E-state index in [0.29, 0.717) is 49.1 Å². The molecule has 3 aliphatic carbocycles. The monoisotopic (exact) mass is 506 g/mol. The van der Waals surface area contributed by atoms with Crippen LogP contribution in [0.15, 0.2) is 35.5 Å². The van der Waals surface area contributed by atoms with Crippen molar-refractivity contribution in [1.29, 1.82) is 0 Å². The number of fused-ring (bicyclic) bond motifs is 1. The van der Waals surface area contributed by atoms with Crippen LogP contribution in [0.5, 0.6) is 0 Å². The van der Waals surface area contributed by atoms with E-state index in [9.17, 15) is 18.6 Å². The van der Waals surface area contributed by atoms with Crippen LogP contribution in [0, 0.1) is 23.2 Å². The third kappa shape index (κ3) is 5.64. The van der Waals surface area contributed by atoms with Gasteiger partial charge < -0.3 is 15.1 Å². The second kappa shape index (κ2) is 10.8. The molecule has 198 valence electrons. The van der Waals surface area contributed by atoms with Gasteiger partial charge in [0.25, 0.3) is 0 Å². The molecule has 4 rings (SSSR count). The number of aliphatic hydroxyl groups excluding tert-OH is 2. The second-order valence-corrected chi connectivity index (χ2v) is 14.0. The van der Waals surface area contributed by atoms with Crippen molar-refractivity contribution in [3.8, 4) is 0 Å². The second-order valence-electron chi connectivity index (χ2n) is 11.7. The molecule has 1 saturated heterocycles. The molecule has 3 saturated carbocycles. The molecule has 0 spiro atoms.